The molecule has 8 nitrogen and oxygen atoms in total. The Hall–Kier alpha value is -2.62. The summed E-state index contributed by atoms with van der Waals surface area (Å²) in [6.45, 7) is 4.57. The molecule has 166 valence electrons. The molecule has 2 aromatic rings. The summed E-state index contributed by atoms with van der Waals surface area (Å²) in [5, 5.41) is 12.3. The third-order valence-electron chi connectivity index (χ3n) is 5.80. The van der Waals surface area contributed by atoms with E-state index in [1.54, 1.807) is 36.4 Å². The molecule has 0 aromatic heterocycles. The van der Waals surface area contributed by atoms with Crippen LogP contribution in [0.3, 0.4) is 0 Å². The summed E-state index contributed by atoms with van der Waals surface area (Å²) >= 11 is 0. The van der Waals surface area contributed by atoms with Crippen molar-refractivity contribution in [2.75, 3.05) is 56.0 Å². The Morgan fingerprint density at radius 3 is 2.10 bits per heavy atom. The number of rotatable bonds is 6. The normalized spacial score (nSPS) is 18.3. The van der Waals surface area contributed by atoms with Gasteiger partial charge in [-0.2, -0.15) is 4.31 Å². The summed E-state index contributed by atoms with van der Waals surface area (Å²) in [7, 11) is -3.44. The van der Waals surface area contributed by atoms with Crippen LogP contribution in [-0.4, -0.2) is 74.4 Å². The Morgan fingerprint density at radius 2 is 1.48 bits per heavy atom. The van der Waals surface area contributed by atoms with Crippen molar-refractivity contribution in [3.8, 4) is 5.75 Å². The predicted molar refractivity (Wildman–Crippen MR) is 120 cm³/mol. The predicted octanol–water partition coefficient (Wildman–Crippen LogP) is 1.94. The van der Waals surface area contributed by atoms with Crippen LogP contribution >= 0.6 is 0 Å². The molecule has 0 radical (unpaired) electrons. The number of hydrogen-bond acceptors (Lipinski definition) is 6. The maximum absolute atomic E-state index is 12.6. The average molecular weight is 445 g/mol. The van der Waals surface area contributed by atoms with Gasteiger partial charge < -0.3 is 15.3 Å². The second-order valence-electron chi connectivity index (χ2n) is 7.96. The monoisotopic (exact) mass is 444 g/mol. The summed E-state index contributed by atoms with van der Waals surface area (Å²) in [4.78, 5) is 17.0. The third kappa shape index (κ3) is 5.17. The minimum absolute atomic E-state index is 0.117. The van der Waals surface area contributed by atoms with Crippen LogP contribution in [0.5, 0.6) is 5.75 Å². The number of nitrogens with one attached hydrogen (secondary N) is 1. The van der Waals surface area contributed by atoms with Crippen molar-refractivity contribution in [3.05, 3.63) is 48.5 Å². The zero-order valence-corrected chi connectivity index (χ0v) is 18.2. The zero-order valence-electron chi connectivity index (χ0n) is 17.4. The van der Waals surface area contributed by atoms with Crippen LogP contribution < -0.4 is 10.2 Å². The lowest BCUT2D eigenvalue weighted by molar-refractivity contribution is -0.117. The summed E-state index contributed by atoms with van der Waals surface area (Å²) in [6.07, 6.45) is 1.80. The summed E-state index contributed by atoms with van der Waals surface area (Å²) in [6, 6.07) is 13.5. The Labute approximate surface area is 183 Å². The average Bonchev–Trinajstić information content (AvgIpc) is 3.31. The molecule has 2 saturated heterocycles. The van der Waals surface area contributed by atoms with E-state index < -0.39 is 10.0 Å². The van der Waals surface area contributed by atoms with Gasteiger partial charge >= 0.3 is 0 Å². The van der Waals surface area contributed by atoms with Crippen molar-refractivity contribution in [3.63, 3.8) is 0 Å². The van der Waals surface area contributed by atoms with E-state index in [1.165, 1.54) is 4.31 Å². The largest absolute Gasteiger partial charge is 0.508 e. The van der Waals surface area contributed by atoms with Gasteiger partial charge in [0, 0.05) is 50.6 Å². The molecule has 4 rings (SSSR count). The van der Waals surface area contributed by atoms with Gasteiger partial charge in [0.05, 0.1) is 11.4 Å². The fraction of sp³-hybridized carbons (Fsp3) is 0.409. The van der Waals surface area contributed by atoms with Gasteiger partial charge in [-0.25, -0.2) is 8.42 Å². The van der Waals surface area contributed by atoms with E-state index in [1.807, 2.05) is 12.1 Å². The molecule has 2 heterocycles. The van der Waals surface area contributed by atoms with Crippen molar-refractivity contribution in [2.24, 2.45) is 0 Å². The fourth-order valence-electron chi connectivity index (χ4n) is 4.02. The van der Waals surface area contributed by atoms with Gasteiger partial charge in [-0.3, -0.25) is 9.69 Å². The minimum atomic E-state index is -3.44. The Balaban J connectivity index is 1.27. The number of amides is 1. The Morgan fingerprint density at radius 1 is 0.871 bits per heavy atom. The van der Waals surface area contributed by atoms with Crippen molar-refractivity contribution in [1.82, 2.24) is 9.21 Å². The number of benzene rings is 2. The van der Waals surface area contributed by atoms with E-state index in [-0.39, 0.29) is 23.1 Å². The molecular weight excluding hydrogens is 416 g/mol. The number of aromatic hydroxyl groups is 1. The van der Waals surface area contributed by atoms with E-state index in [0.29, 0.717) is 18.8 Å². The molecule has 2 aliphatic rings. The van der Waals surface area contributed by atoms with Crippen LogP contribution in [-0.2, 0) is 14.8 Å². The van der Waals surface area contributed by atoms with Gasteiger partial charge in [0.2, 0.25) is 15.9 Å². The van der Waals surface area contributed by atoms with Gasteiger partial charge in [-0.05, 0) is 61.4 Å². The van der Waals surface area contributed by atoms with Crippen molar-refractivity contribution in [1.29, 1.82) is 0 Å². The van der Waals surface area contributed by atoms with Crippen LogP contribution in [0.15, 0.2) is 53.4 Å². The molecule has 0 aliphatic carbocycles. The van der Waals surface area contributed by atoms with Crippen LogP contribution in [0.25, 0.3) is 0 Å². The first-order chi connectivity index (χ1) is 14.9. The van der Waals surface area contributed by atoms with Crippen LogP contribution in [0.1, 0.15) is 12.8 Å². The first-order valence-electron chi connectivity index (χ1n) is 10.6. The molecular formula is C22H28N4O4S. The molecule has 0 spiro atoms. The first kappa shape index (κ1) is 21.6. The lowest BCUT2D eigenvalue weighted by Gasteiger charge is -2.35. The number of phenolic OH excluding ortho intramolecular Hbond substituents is 1. The van der Waals surface area contributed by atoms with E-state index >= 15 is 0 Å². The topological polar surface area (TPSA) is 93.2 Å². The van der Waals surface area contributed by atoms with Crippen LogP contribution in [0, 0.1) is 0 Å². The molecule has 0 atom stereocenters. The van der Waals surface area contributed by atoms with E-state index in [9.17, 15) is 18.3 Å². The van der Waals surface area contributed by atoms with E-state index in [4.69, 9.17) is 0 Å². The van der Waals surface area contributed by atoms with Gasteiger partial charge in [-0.15, -0.1) is 0 Å². The second kappa shape index (κ2) is 9.25. The highest BCUT2D eigenvalue weighted by atomic mass is 32.2. The molecule has 0 saturated carbocycles. The third-order valence-corrected chi connectivity index (χ3v) is 7.71. The lowest BCUT2D eigenvalue weighted by atomic mass is 10.2. The highest BCUT2D eigenvalue weighted by molar-refractivity contribution is 7.89. The molecule has 2 fully saturated rings. The number of carbonyl (C=O) groups excluding carboxylic acids is 1. The summed E-state index contributed by atoms with van der Waals surface area (Å²) < 4.78 is 26.7. The van der Waals surface area contributed by atoms with Gasteiger partial charge in [0.25, 0.3) is 0 Å². The SMILES string of the molecule is O=C(CN1CCN(c2ccc(O)cc2)CC1)Nc1ccc(S(=O)(=O)N2CCCC2)cc1. The quantitative estimate of drug-likeness (QED) is 0.707. The number of carbonyl (C=O) groups is 1. The lowest BCUT2D eigenvalue weighted by Crippen LogP contribution is -2.48. The number of sulfonamides is 1. The molecule has 2 aliphatic heterocycles. The number of anilines is 2. The second-order valence-corrected chi connectivity index (χ2v) is 9.90. The molecule has 0 bridgehead atoms. The van der Waals surface area contributed by atoms with Gasteiger partial charge in [0.15, 0.2) is 0 Å². The number of nitrogens with zero attached hydrogens (tertiary/aromatic N) is 3. The number of piperazine rings is 1. The molecule has 1 amide bonds. The number of phenols is 1. The smallest absolute Gasteiger partial charge is 0.243 e. The zero-order chi connectivity index (χ0) is 21.8. The summed E-state index contributed by atoms with van der Waals surface area (Å²) in [5.41, 5.74) is 1.65. The highest BCUT2D eigenvalue weighted by Gasteiger charge is 2.27. The maximum atomic E-state index is 12.6. The van der Waals surface area contributed by atoms with Gasteiger partial charge in [-0.1, -0.05) is 0 Å². The molecule has 2 aromatic carbocycles. The fourth-order valence-corrected chi connectivity index (χ4v) is 5.54. The van der Waals surface area contributed by atoms with Crippen LogP contribution in [0.4, 0.5) is 11.4 Å². The number of hydrogen-bond donors (Lipinski definition) is 2. The molecule has 9 heteroatoms. The van der Waals surface area contributed by atoms with Gasteiger partial charge in [0.1, 0.15) is 5.75 Å². The van der Waals surface area contributed by atoms with Crippen molar-refractivity contribution in [2.45, 2.75) is 17.7 Å². The molecule has 2 N–H and O–H groups in total. The van der Waals surface area contributed by atoms with Crippen molar-refractivity contribution >= 4 is 27.3 Å². The minimum Gasteiger partial charge on any atom is -0.508 e. The molecule has 31 heavy (non-hydrogen) atoms. The van der Waals surface area contributed by atoms with E-state index in [2.05, 4.69) is 15.1 Å². The molecule has 0 unspecified atom stereocenters. The maximum Gasteiger partial charge on any atom is 0.243 e. The summed E-state index contributed by atoms with van der Waals surface area (Å²) in [5.74, 6) is 0.133. The Bertz CT molecular complexity index is 995. The first-order valence-corrected chi connectivity index (χ1v) is 12.0. The highest BCUT2D eigenvalue weighted by Crippen LogP contribution is 2.22. The van der Waals surface area contributed by atoms with E-state index in [0.717, 1.165) is 44.7 Å². The standard InChI is InChI=1S/C22H28N4O4S/c27-20-7-5-19(6-8-20)25-15-13-24(14-16-25)17-22(28)23-18-3-9-21(10-4-18)31(29,30)26-11-1-2-12-26/h3-10,27H,1-2,11-17H2,(H,23,28). The van der Waals surface area contributed by atoms with Crippen molar-refractivity contribution < 1.29 is 18.3 Å². The Kier molecular flexibility index (Phi) is 6.45. The van der Waals surface area contributed by atoms with Crippen LogP contribution in [0.2, 0.25) is 0 Å².